The Kier molecular flexibility index (Phi) is 8.46. The van der Waals surface area contributed by atoms with Crippen LogP contribution in [0.1, 0.15) is 37.4 Å². The van der Waals surface area contributed by atoms with Gasteiger partial charge in [-0.05, 0) is 29.8 Å². The second kappa shape index (κ2) is 10.3. The molecule has 3 N–H and O–H groups in total. The lowest BCUT2D eigenvalue weighted by Gasteiger charge is -2.00. The first-order chi connectivity index (χ1) is 12.3. The van der Waals surface area contributed by atoms with Crippen molar-refractivity contribution >= 4 is 46.6 Å². The Labute approximate surface area is 156 Å². The van der Waals surface area contributed by atoms with Crippen LogP contribution in [-0.4, -0.2) is 45.8 Å². The summed E-state index contributed by atoms with van der Waals surface area (Å²) in [4.78, 5) is 43.4. The molecule has 0 aliphatic heterocycles. The van der Waals surface area contributed by atoms with E-state index in [0.717, 1.165) is 11.3 Å². The molecule has 0 bridgehead atoms. The highest BCUT2D eigenvalue weighted by atomic mass is 32.1. The van der Waals surface area contributed by atoms with E-state index in [-0.39, 0.29) is 24.0 Å². The molecule has 26 heavy (non-hydrogen) atoms. The average molecular weight is 400 g/mol. The standard InChI is InChI=1S/C9H10O4S.C7H6O4S/c1-2-13-8(10)5-7-6(9(11)12)3-4-14-7;8-6(9)3-5-4(7(10)11)1-2-12-5/h3-4H,2,5H2,1H3,(H,11,12);1-2H,3H2,(H,8,9)(H,10,11). The number of carbonyl (C=O) groups excluding carboxylic acids is 1. The summed E-state index contributed by atoms with van der Waals surface area (Å²) in [6.45, 7) is 2.02. The maximum absolute atomic E-state index is 11.1. The third-order valence-corrected chi connectivity index (χ3v) is 4.72. The molecule has 0 radical (unpaired) electrons. The van der Waals surface area contributed by atoms with Crippen LogP contribution in [0.4, 0.5) is 0 Å². The first-order valence-corrected chi connectivity index (χ1v) is 8.98. The van der Waals surface area contributed by atoms with Crippen LogP contribution in [0, 0.1) is 0 Å². The van der Waals surface area contributed by atoms with Crippen molar-refractivity contribution in [3.63, 3.8) is 0 Å². The number of ether oxygens (including phenoxy) is 1. The topological polar surface area (TPSA) is 138 Å². The molecule has 0 saturated heterocycles. The molecule has 0 saturated carbocycles. The monoisotopic (exact) mass is 400 g/mol. The number of carboxylic acids is 3. The molecule has 0 aromatic carbocycles. The molecule has 2 heterocycles. The summed E-state index contributed by atoms with van der Waals surface area (Å²) >= 11 is 2.39. The van der Waals surface area contributed by atoms with Gasteiger partial charge in [-0.3, -0.25) is 9.59 Å². The Morgan fingerprint density at radius 1 is 0.885 bits per heavy atom. The summed E-state index contributed by atoms with van der Waals surface area (Å²) in [6.07, 6.45) is -0.188. The van der Waals surface area contributed by atoms with E-state index in [1.807, 2.05) is 0 Å². The molecule has 0 fully saturated rings. The number of aliphatic carboxylic acids is 1. The number of hydrogen-bond donors (Lipinski definition) is 3. The quantitative estimate of drug-likeness (QED) is 0.603. The SMILES string of the molecule is CCOC(=O)Cc1sccc1C(=O)O.O=C(O)Cc1sccc1C(=O)O. The van der Waals surface area contributed by atoms with Crippen molar-refractivity contribution in [2.24, 2.45) is 0 Å². The number of hydrogen-bond acceptors (Lipinski definition) is 7. The van der Waals surface area contributed by atoms with Crippen molar-refractivity contribution in [3.8, 4) is 0 Å². The van der Waals surface area contributed by atoms with Gasteiger partial charge in [-0.25, -0.2) is 9.59 Å². The molecule has 0 atom stereocenters. The maximum Gasteiger partial charge on any atom is 0.336 e. The van der Waals surface area contributed by atoms with E-state index in [2.05, 4.69) is 0 Å². The Balaban J connectivity index is 0.000000263. The molecule has 8 nitrogen and oxygen atoms in total. The lowest BCUT2D eigenvalue weighted by molar-refractivity contribution is -0.142. The fraction of sp³-hybridized carbons (Fsp3) is 0.250. The van der Waals surface area contributed by atoms with Gasteiger partial charge in [-0.1, -0.05) is 0 Å². The number of thiophene rings is 2. The lowest BCUT2D eigenvalue weighted by Crippen LogP contribution is -2.09. The van der Waals surface area contributed by atoms with Gasteiger partial charge in [0, 0.05) is 9.75 Å². The van der Waals surface area contributed by atoms with Gasteiger partial charge in [0.25, 0.3) is 0 Å². The van der Waals surface area contributed by atoms with Crippen LogP contribution in [0.15, 0.2) is 22.9 Å². The van der Waals surface area contributed by atoms with Gasteiger partial charge in [0.15, 0.2) is 0 Å². The molecule has 2 aromatic heterocycles. The van der Waals surface area contributed by atoms with Gasteiger partial charge in [0.2, 0.25) is 0 Å². The van der Waals surface area contributed by atoms with Gasteiger partial charge in [0.05, 0.1) is 30.6 Å². The van der Waals surface area contributed by atoms with Gasteiger partial charge >= 0.3 is 23.9 Å². The molecule has 2 aromatic rings. The Morgan fingerprint density at radius 3 is 1.73 bits per heavy atom. The molecule has 0 aliphatic carbocycles. The minimum atomic E-state index is -1.08. The summed E-state index contributed by atoms with van der Waals surface area (Å²) < 4.78 is 4.72. The molecular weight excluding hydrogens is 384 g/mol. The van der Waals surface area contributed by atoms with Crippen molar-refractivity contribution in [1.82, 2.24) is 0 Å². The molecule has 0 unspecified atom stereocenters. The third kappa shape index (κ3) is 6.65. The molecule has 2 rings (SSSR count). The summed E-state index contributed by atoms with van der Waals surface area (Å²) in [6, 6.07) is 2.90. The van der Waals surface area contributed by atoms with Crippen LogP contribution < -0.4 is 0 Å². The van der Waals surface area contributed by atoms with Crippen molar-refractivity contribution in [3.05, 3.63) is 43.8 Å². The van der Waals surface area contributed by atoms with E-state index in [1.165, 1.54) is 23.5 Å². The van der Waals surface area contributed by atoms with Gasteiger partial charge in [0.1, 0.15) is 0 Å². The fourth-order valence-electron chi connectivity index (χ4n) is 1.82. The second-order valence-corrected chi connectivity index (χ2v) is 6.68. The van der Waals surface area contributed by atoms with E-state index in [4.69, 9.17) is 20.1 Å². The van der Waals surface area contributed by atoms with Crippen molar-refractivity contribution in [2.75, 3.05) is 6.61 Å². The van der Waals surface area contributed by atoms with Crippen molar-refractivity contribution in [2.45, 2.75) is 19.8 Å². The van der Waals surface area contributed by atoms with Crippen LogP contribution in [-0.2, 0) is 27.2 Å². The number of carbonyl (C=O) groups is 4. The number of carboxylic acid groups (broad SMARTS) is 3. The normalized spacial score (nSPS) is 9.73. The summed E-state index contributed by atoms with van der Waals surface area (Å²) in [5.41, 5.74) is 0.269. The third-order valence-electron chi connectivity index (χ3n) is 2.87. The zero-order valence-corrected chi connectivity index (χ0v) is 15.3. The maximum atomic E-state index is 11.1. The zero-order chi connectivity index (χ0) is 19.7. The molecule has 140 valence electrons. The lowest BCUT2D eigenvalue weighted by atomic mass is 10.2. The van der Waals surface area contributed by atoms with E-state index in [9.17, 15) is 19.2 Å². The number of esters is 1. The first kappa shape index (κ1) is 21.3. The van der Waals surface area contributed by atoms with Crippen LogP contribution >= 0.6 is 22.7 Å². The highest BCUT2D eigenvalue weighted by Gasteiger charge is 2.15. The zero-order valence-electron chi connectivity index (χ0n) is 13.6. The van der Waals surface area contributed by atoms with Crippen LogP contribution in [0.25, 0.3) is 0 Å². The largest absolute Gasteiger partial charge is 0.481 e. The Morgan fingerprint density at radius 2 is 1.35 bits per heavy atom. The summed E-state index contributed by atoms with van der Waals surface area (Å²) in [7, 11) is 0. The van der Waals surface area contributed by atoms with Crippen LogP contribution in [0.5, 0.6) is 0 Å². The number of rotatable bonds is 7. The fourth-order valence-corrected chi connectivity index (χ4v) is 3.53. The van der Waals surface area contributed by atoms with Crippen LogP contribution in [0.3, 0.4) is 0 Å². The Bertz CT molecular complexity index is 790. The second-order valence-electron chi connectivity index (χ2n) is 4.68. The van der Waals surface area contributed by atoms with Gasteiger partial charge < -0.3 is 20.1 Å². The summed E-state index contributed by atoms with van der Waals surface area (Å²) in [5, 5.41) is 29.0. The highest BCUT2D eigenvalue weighted by molar-refractivity contribution is 7.10. The minimum Gasteiger partial charge on any atom is -0.481 e. The van der Waals surface area contributed by atoms with E-state index in [0.29, 0.717) is 16.4 Å². The molecule has 0 aliphatic rings. The predicted octanol–water partition coefficient (Wildman–Crippen LogP) is 2.63. The van der Waals surface area contributed by atoms with Crippen LogP contribution in [0.2, 0.25) is 0 Å². The minimum absolute atomic E-state index is 0.0349. The first-order valence-electron chi connectivity index (χ1n) is 7.23. The number of aromatic carboxylic acids is 2. The van der Waals surface area contributed by atoms with E-state index >= 15 is 0 Å². The van der Waals surface area contributed by atoms with Gasteiger partial charge in [-0.2, -0.15) is 0 Å². The molecular formula is C16H16O8S2. The predicted molar refractivity (Wildman–Crippen MR) is 94.2 cm³/mol. The van der Waals surface area contributed by atoms with E-state index < -0.39 is 23.9 Å². The van der Waals surface area contributed by atoms with Crippen molar-refractivity contribution in [1.29, 1.82) is 0 Å². The molecule has 0 spiro atoms. The Hall–Kier alpha value is -2.72. The van der Waals surface area contributed by atoms with Gasteiger partial charge in [-0.15, -0.1) is 22.7 Å². The van der Waals surface area contributed by atoms with E-state index in [1.54, 1.807) is 17.7 Å². The molecule has 0 amide bonds. The smallest absolute Gasteiger partial charge is 0.336 e. The summed E-state index contributed by atoms with van der Waals surface area (Å²) in [5.74, 6) is -3.49. The average Bonchev–Trinajstić information content (AvgIpc) is 3.16. The molecule has 10 heteroatoms. The van der Waals surface area contributed by atoms with Crippen molar-refractivity contribution < 1.29 is 39.2 Å². The highest BCUT2D eigenvalue weighted by Crippen LogP contribution is 2.18.